The zero-order valence-corrected chi connectivity index (χ0v) is 18.3. The molecule has 5 heteroatoms. The molecule has 156 valence electrons. The molecule has 0 amide bonds. The van der Waals surface area contributed by atoms with E-state index in [1.54, 1.807) is 11.9 Å². The van der Waals surface area contributed by atoms with Crippen molar-refractivity contribution in [1.29, 1.82) is 0 Å². The summed E-state index contributed by atoms with van der Waals surface area (Å²) in [6.07, 6.45) is 22.5. The average Bonchev–Trinajstić information content (AvgIpc) is 2.59. The summed E-state index contributed by atoms with van der Waals surface area (Å²) in [6.45, 7) is 4.49. The first-order valence-corrected chi connectivity index (χ1v) is 12.2. The Morgan fingerprint density at radius 3 is 1.69 bits per heavy atom. The van der Waals surface area contributed by atoms with Crippen LogP contribution >= 0.6 is 0 Å². The second kappa shape index (κ2) is 16.8. The van der Waals surface area contributed by atoms with Gasteiger partial charge in [0.1, 0.15) is 5.37 Å². The Hall–Kier alpha value is -0.390. The molecule has 0 aliphatic heterocycles. The number of unbranched alkanes of at least 4 members (excludes halogenated alkanes) is 12. The predicted octanol–water partition coefficient (Wildman–Crippen LogP) is 6.19. The maximum absolute atomic E-state index is 11.1. The highest BCUT2D eigenvalue weighted by Crippen LogP contribution is 2.11. The molecule has 0 saturated carbocycles. The monoisotopic (exact) mass is 389 g/mol. The topological polar surface area (TPSA) is 57.6 Å². The fourth-order valence-corrected chi connectivity index (χ4v) is 3.58. The third-order valence-electron chi connectivity index (χ3n) is 5.07. The van der Waals surface area contributed by atoms with E-state index in [1.165, 1.54) is 84.0 Å². The highest BCUT2D eigenvalue weighted by Gasteiger charge is 2.21. The van der Waals surface area contributed by atoms with E-state index in [-0.39, 0.29) is 0 Å². The Labute approximate surface area is 163 Å². The van der Waals surface area contributed by atoms with Gasteiger partial charge < -0.3 is 0 Å². The van der Waals surface area contributed by atoms with Crippen molar-refractivity contribution in [1.82, 2.24) is 4.90 Å². The SMILES string of the molecule is CCCCCCCC/C=C\CCCCCCCCN(C)C(C)S(=O)(=O)O. The molecule has 1 N–H and O–H groups in total. The maximum Gasteiger partial charge on any atom is 0.280 e. The zero-order valence-electron chi connectivity index (χ0n) is 17.5. The molecule has 0 heterocycles. The molecule has 0 radical (unpaired) electrons. The van der Waals surface area contributed by atoms with Gasteiger partial charge >= 0.3 is 0 Å². The van der Waals surface area contributed by atoms with Crippen molar-refractivity contribution in [2.24, 2.45) is 0 Å². The zero-order chi connectivity index (χ0) is 19.7. The van der Waals surface area contributed by atoms with Gasteiger partial charge in [-0.25, -0.2) is 0 Å². The smallest absolute Gasteiger partial charge is 0.280 e. The fraction of sp³-hybridized carbons (Fsp3) is 0.905. The molecule has 26 heavy (non-hydrogen) atoms. The summed E-state index contributed by atoms with van der Waals surface area (Å²) in [7, 11) is -2.21. The van der Waals surface area contributed by atoms with Gasteiger partial charge in [0.15, 0.2) is 0 Å². The second-order valence-corrected chi connectivity index (χ2v) is 9.24. The highest BCUT2D eigenvalue weighted by atomic mass is 32.2. The highest BCUT2D eigenvalue weighted by molar-refractivity contribution is 7.86. The number of hydrogen-bond donors (Lipinski definition) is 1. The molecule has 0 aliphatic carbocycles. The second-order valence-electron chi connectivity index (χ2n) is 7.53. The quantitative estimate of drug-likeness (QED) is 0.172. The molecule has 4 nitrogen and oxygen atoms in total. The van der Waals surface area contributed by atoms with E-state index in [9.17, 15) is 8.42 Å². The lowest BCUT2D eigenvalue weighted by Crippen LogP contribution is -2.36. The van der Waals surface area contributed by atoms with Crippen molar-refractivity contribution in [2.45, 2.75) is 109 Å². The van der Waals surface area contributed by atoms with Gasteiger partial charge in [-0.2, -0.15) is 8.42 Å². The van der Waals surface area contributed by atoms with Gasteiger partial charge in [0, 0.05) is 0 Å². The minimum atomic E-state index is -3.95. The Balaban J connectivity index is 3.35. The molecule has 0 aromatic heterocycles. The van der Waals surface area contributed by atoms with Crippen molar-refractivity contribution in [3.63, 3.8) is 0 Å². The molecule has 0 aromatic rings. The molecular weight excluding hydrogens is 346 g/mol. The van der Waals surface area contributed by atoms with Crippen LogP contribution in [0.1, 0.15) is 104 Å². The van der Waals surface area contributed by atoms with Crippen LogP contribution in [0, 0.1) is 0 Å². The lowest BCUT2D eigenvalue weighted by atomic mass is 10.1. The van der Waals surface area contributed by atoms with Gasteiger partial charge in [-0.15, -0.1) is 0 Å². The van der Waals surface area contributed by atoms with Crippen LogP contribution in [0.3, 0.4) is 0 Å². The molecule has 0 bridgehead atoms. The Morgan fingerprint density at radius 1 is 0.808 bits per heavy atom. The van der Waals surface area contributed by atoms with Crippen molar-refractivity contribution in [3.05, 3.63) is 12.2 Å². The molecule has 0 aromatic carbocycles. The van der Waals surface area contributed by atoms with Crippen LogP contribution in [0.5, 0.6) is 0 Å². The van der Waals surface area contributed by atoms with E-state index >= 15 is 0 Å². The van der Waals surface area contributed by atoms with Gasteiger partial charge in [-0.05, 0) is 52.6 Å². The lowest BCUT2D eigenvalue weighted by molar-refractivity contribution is 0.291. The van der Waals surface area contributed by atoms with Crippen molar-refractivity contribution in [3.8, 4) is 0 Å². The summed E-state index contributed by atoms with van der Waals surface area (Å²) >= 11 is 0. The number of nitrogens with zero attached hydrogens (tertiary/aromatic N) is 1. The van der Waals surface area contributed by atoms with Crippen LogP contribution in [-0.4, -0.2) is 36.8 Å². The first-order chi connectivity index (χ1) is 12.4. The van der Waals surface area contributed by atoms with Crippen LogP contribution < -0.4 is 0 Å². The van der Waals surface area contributed by atoms with Gasteiger partial charge in [0.2, 0.25) is 0 Å². The normalized spacial score (nSPS) is 13.7. The maximum atomic E-state index is 11.1. The third kappa shape index (κ3) is 15.8. The Morgan fingerprint density at radius 2 is 1.23 bits per heavy atom. The van der Waals surface area contributed by atoms with E-state index in [1.807, 2.05) is 0 Å². The predicted molar refractivity (Wildman–Crippen MR) is 113 cm³/mol. The van der Waals surface area contributed by atoms with Crippen LogP contribution in [0.15, 0.2) is 12.2 Å². The summed E-state index contributed by atoms with van der Waals surface area (Å²) in [5.74, 6) is 0. The Kier molecular flexibility index (Phi) is 16.5. The molecular formula is C21H43NO3S. The van der Waals surface area contributed by atoms with E-state index in [0.29, 0.717) is 6.54 Å². The Bertz CT molecular complexity index is 435. The van der Waals surface area contributed by atoms with E-state index in [0.717, 1.165) is 12.8 Å². The number of rotatable bonds is 18. The minimum absolute atomic E-state index is 0.710. The summed E-state index contributed by atoms with van der Waals surface area (Å²) < 4.78 is 31.1. The molecule has 1 atom stereocenters. The third-order valence-corrected chi connectivity index (χ3v) is 6.30. The number of allylic oxidation sites excluding steroid dienone is 2. The summed E-state index contributed by atoms with van der Waals surface area (Å²) in [4.78, 5) is 1.70. The molecule has 0 spiro atoms. The van der Waals surface area contributed by atoms with Crippen LogP contribution in [0.25, 0.3) is 0 Å². The van der Waals surface area contributed by atoms with Crippen LogP contribution in [0.4, 0.5) is 0 Å². The van der Waals surface area contributed by atoms with Crippen molar-refractivity contribution < 1.29 is 13.0 Å². The van der Waals surface area contributed by atoms with Crippen LogP contribution in [0.2, 0.25) is 0 Å². The standard InChI is InChI=1S/C21H43NO3S/c1-4-5-6-7-8-9-10-11-12-13-14-15-16-17-18-19-20-22(3)21(2)26(23,24)25/h11-12,21H,4-10,13-20H2,1-3H3,(H,23,24,25)/b12-11-. The van der Waals surface area contributed by atoms with Crippen molar-refractivity contribution in [2.75, 3.05) is 13.6 Å². The van der Waals surface area contributed by atoms with Gasteiger partial charge in [0.05, 0.1) is 0 Å². The molecule has 0 aliphatic rings. The largest absolute Gasteiger partial charge is 0.289 e. The van der Waals surface area contributed by atoms with E-state index < -0.39 is 15.5 Å². The molecule has 1 unspecified atom stereocenters. The van der Waals surface area contributed by atoms with Crippen molar-refractivity contribution >= 4 is 10.1 Å². The minimum Gasteiger partial charge on any atom is -0.289 e. The number of hydrogen-bond acceptors (Lipinski definition) is 3. The first-order valence-electron chi connectivity index (χ1n) is 10.7. The van der Waals surface area contributed by atoms with E-state index in [4.69, 9.17) is 4.55 Å². The molecule has 0 fully saturated rings. The first kappa shape index (κ1) is 25.6. The summed E-state index contributed by atoms with van der Waals surface area (Å²) in [5, 5.41) is -0.814. The van der Waals surface area contributed by atoms with Crippen LogP contribution in [-0.2, 0) is 10.1 Å². The van der Waals surface area contributed by atoms with Gasteiger partial charge in [-0.1, -0.05) is 76.9 Å². The van der Waals surface area contributed by atoms with Gasteiger partial charge in [0.25, 0.3) is 10.1 Å². The summed E-state index contributed by atoms with van der Waals surface area (Å²) in [6, 6.07) is 0. The van der Waals surface area contributed by atoms with Gasteiger partial charge in [-0.3, -0.25) is 9.45 Å². The van der Waals surface area contributed by atoms with E-state index in [2.05, 4.69) is 19.1 Å². The summed E-state index contributed by atoms with van der Waals surface area (Å²) in [5.41, 5.74) is 0. The average molecular weight is 390 g/mol. The molecule has 0 saturated heterocycles. The lowest BCUT2D eigenvalue weighted by Gasteiger charge is -2.21. The molecule has 0 rings (SSSR count). The fourth-order valence-electron chi connectivity index (χ4n) is 3.02.